The smallest absolute Gasteiger partial charge is 0.234 e. The second kappa shape index (κ2) is 3.94. The van der Waals surface area contributed by atoms with E-state index < -0.39 is 15.8 Å². The molecule has 0 atom stereocenters. The summed E-state index contributed by atoms with van der Waals surface area (Å²) in [5, 5.41) is 8.84. The lowest BCUT2D eigenvalue weighted by molar-refractivity contribution is 0.595. The number of hydrogen-bond donors (Lipinski definition) is 1. The van der Waals surface area contributed by atoms with Crippen molar-refractivity contribution >= 4 is 10.0 Å². The molecule has 0 aliphatic carbocycles. The van der Waals surface area contributed by atoms with Gasteiger partial charge in [0.25, 0.3) is 0 Å². The Bertz CT molecular complexity index is 664. The molecule has 0 spiro atoms. The normalized spacial score (nSPS) is 11.7. The summed E-state index contributed by atoms with van der Waals surface area (Å²) >= 11 is 0. The van der Waals surface area contributed by atoms with E-state index in [-0.39, 0.29) is 16.3 Å². The van der Waals surface area contributed by atoms with Crippen molar-refractivity contribution in [1.29, 1.82) is 0 Å². The van der Waals surface area contributed by atoms with Crippen LogP contribution < -0.4 is 5.14 Å². The van der Waals surface area contributed by atoms with E-state index >= 15 is 0 Å². The Kier molecular flexibility index (Phi) is 2.72. The minimum atomic E-state index is -3.84. The molecule has 1 heterocycles. The molecular weight excluding hydrogens is 245 g/mol. The van der Waals surface area contributed by atoms with Gasteiger partial charge in [0.2, 0.25) is 10.0 Å². The molecule has 17 heavy (non-hydrogen) atoms. The summed E-state index contributed by atoms with van der Waals surface area (Å²) in [6.45, 7) is 1.51. The van der Waals surface area contributed by atoms with E-state index in [9.17, 15) is 12.8 Å². The second-order valence-corrected chi connectivity index (χ2v) is 5.03. The first kappa shape index (κ1) is 11.7. The summed E-state index contributed by atoms with van der Waals surface area (Å²) in [6, 6.07) is 5.95. The van der Waals surface area contributed by atoms with Crippen LogP contribution in [0.5, 0.6) is 0 Å². The van der Waals surface area contributed by atoms with Crippen LogP contribution in [0.1, 0.15) is 5.69 Å². The summed E-state index contributed by atoms with van der Waals surface area (Å²) in [7, 11) is -3.84. The number of hydrogen-bond acceptors (Lipinski definition) is 3. The van der Waals surface area contributed by atoms with Crippen LogP contribution in [-0.2, 0) is 10.0 Å². The van der Waals surface area contributed by atoms with Crippen LogP contribution in [0, 0.1) is 12.7 Å². The van der Waals surface area contributed by atoms with Gasteiger partial charge < -0.3 is 0 Å². The molecule has 2 rings (SSSR count). The molecule has 7 heteroatoms. The Morgan fingerprint density at radius 2 is 2.00 bits per heavy atom. The zero-order valence-corrected chi connectivity index (χ0v) is 9.78. The predicted molar refractivity (Wildman–Crippen MR) is 59.6 cm³/mol. The standard InChI is InChI=1S/C10H10FN3O2S/c1-7-10(17(12,15)16)6-13-14(7)9-5-3-2-4-8(9)11/h2-6H,1H3,(H2,12,15,16). The molecule has 90 valence electrons. The minimum Gasteiger partial charge on any atom is -0.234 e. The highest BCUT2D eigenvalue weighted by atomic mass is 32.2. The topological polar surface area (TPSA) is 78.0 Å². The fourth-order valence-electron chi connectivity index (χ4n) is 1.54. The van der Waals surface area contributed by atoms with E-state index in [0.717, 1.165) is 6.20 Å². The lowest BCUT2D eigenvalue weighted by atomic mass is 10.3. The molecule has 0 unspecified atom stereocenters. The quantitative estimate of drug-likeness (QED) is 0.868. The molecule has 1 aromatic heterocycles. The Morgan fingerprint density at radius 3 is 2.53 bits per heavy atom. The summed E-state index contributed by atoms with van der Waals surface area (Å²) in [5.74, 6) is -0.486. The van der Waals surface area contributed by atoms with Gasteiger partial charge in [0.15, 0.2) is 0 Å². The average Bonchev–Trinajstić information content (AvgIpc) is 2.60. The molecule has 5 nitrogen and oxygen atoms in total. The molecule has 0 fully saturated rings. The fourth-order valence-corrected chi connectivity index (χ4v) is 2.23. The van der Waals surface area contributed by atoms with Crippen LogP contribution in [0.3, 0.4) is 0 Å². The first-order valence-electron chi connectivity index (χ1n) is 4.73. The zero-order chi connectivity index (χ0) is 12.6. The van der Waals surface area contributed by atoms with Crippen molar-refractivity contribution in [3.63, 3.8) is 0 Å². The Morgan fingerprint density at radius 1 is 1.35 bits per heavy atom. The van der Waals surface area contributed by atoms with Crippen LogP contribution in [0.25, 0.3) is 5.69 Å². The van der Waals surface area contributed by atoms with E-state index in [1.165, 1.54) is 29.8 Å². The summed E-state index contributed by atoms with van der Waals surface area (Å²) < 4.78 is 37.2. The highest BCUT2D eigenvalue weighted by Gasteiger charge is 2.18. The monoisotopic (exact) mass is 255 g/mol. The van der Waals surface area contributed by atoms with Gasteiger partial charge in [-0.3, -0.25) is 0 Å². The lowest BCUT2D eigenvalue weighted by Crippen LogP contribution is -2.13. The first-order chi connectivity index (χ1) is 7.91. The van der Waals surface area contributed by atoms with Crippen molar-refractivity contribution in [3.05, 3.63) is 42.0 Å². The van der Waals surface area contributed by atoms with Gasteiger partial charge in [-0.1, -0.05) is 12.1 Å². The maximum Gasteiger partial charge on any atom is 0.241 e. The number of benzene rings is 1. The molecular formula is C10H10FN3O2S. The molecule has 1 aromatic carbocycles. The van der Waals surface area contributed by atoms with Gasteiger partial charge in [0.05, 0.1) is 11.9 Å². The van der Waals surface area contributed by atoms with Gasteiger partial charge in [-0.15, -0.1) is 0 Å². The van der Waals surface area contributed by atoms with Gasteiger partial charge in [-0.05, 0) is 19.1 Å². The molecule has 0 radical (unpaired) electrons. The Labute approximate surface area is 97.7 Å². The van der Waals surface area contributed by atoms with E-state index in [1.807, 2.05) is 0 Å². The van der Waals surface area contributed by atoms with E-state index in [4.69, 9.17) is 5.14 Å². The zero-order valence-electron chi connectivity index (χ0n) is 8.96. The van der Waals surface area contributed by atoms with Gasteiger partial charge >= 0.3 is 0 Å². The number of sulfonamides is 1. The molecule has 2 aromatic rings. The molecule has 2 N–H and O–H groups in total. The number of aromatic nitrogens is 2. The third-order valence-electron chi connectivity index (χ3n) is 2.35. The van der Waals surface area contributed by atoms with Crippen LogP contribution >= 0.6 is 0 Å². The van der Waals surface area contributed by atoms with E-state index in [2.05, 4.69) is 5.10 Å². The molecule has 0 aliphatic rings. The van der Waals surface area contributed by atoms with E-state index in [1.54, 1.807) is 6.07 Å². The SMILES string of the molecule is Cc1c(S(N)(=O)=O)cnn1-c1ccccc1F. The maximum atomic E-state index is 13.5. The minimum absolute atomic E-state index is 0.110. The van der Waals surface area contributed by atoms with E-state index in [0.29, 0.717) is 0 Å². The number of nitrogens with zero attached hydrogens (tertiary/aromatic N) is 2. The number of nitrogens with two attached hydrogens (primary N) is 1. The van der Waals surface area contributed by atoms with Gasteiger partial charge in [0, 0.05) is 0 Å². The third-order valence-corrected chi connectivity index (χ3v) is 3.37. The van der Waals surface area contributed by atoms with Crippen molar-refractivity contribution in [1.82, 2.24) is 9.78 Å². The summed E-state index contributed by atoms with van der Waals surface area (Å²) in [5.41, 5.74) is 0.456. The Hall–Kier alpha value is -1.73. The molecule has 0 saturated carbocycles. The highest BCUT2D eigenvalue weighted by Crippen LogP contribution is 2.19. The van der Waals surface area contributed by atoms with Gasteiger partial charge in [-0.2, -0.15) is 5.10 Å². The van der Waals surface area contributed by atoms with Crippen LogP contribution in [0.15, 0.2) is 35.4 Å². The summed E-state index contributed by atoms with van der Waals surface area (Å²) in [4.78, 5) is -0.110. The third kappa shape index (κ3) is 2.06. The largest absolute Gasteiger partial charge is 0.241 e. The van der Waals surface area contributed by atoms with Gasteiger partial charge in [-0.25, -0.2) is 22.6 Å². The van der Waals surface area contributed by atoms with Crippen molar-refractivity contribution in [2.45, 2.75) is 11.8 Å². The predicted octanol–water partition coefficient (Wildman–Crippen LogP) is 0.967. The number of halogens is 1. The van der Waals surface area contributed by atoms with Crippen LogP contribution in [0.2, 0.25) is 0 Å². The van der Waals surface area contributed by atoms with Crippen molar-refractivity contribution in [3.8, 4) is 5.69 Å². The molecule has 0 amide bonds. The maximum absolute atomic E-state index is 13.5. The summed E-state index contributed by atoms with van der Waals surface area (Å²) in [6.07, 6.45) is 1.11. The van der Waals surface area contributed by atoms with Crippen molar-refractivity contribution in [2.75, 3.05) is 0 Å². The molecule has 0 saturated heterocycles. The number of rotatable bonds is 2. The Balaban J connectivity index is 2.64. The lowest BCUT2D eigenvalue weighted by Gasteiger charge is -2.05. The van der Waals surface area contributed by atoms with Crippen molar-refractivity contribution < 1.29 is 12.8 Å². The first-order valence-corrected chi connectivity index (χ1v) is 6.28. The van der Waals surface area contributed by atoms with Gasteiger partial charge in [0.1, 0.15) is 16.4 Å². The molecule has 0 aliphatic heterocycles. The van der Waals surface area contributed by atoms with Crippen molar-refractivity contribution in [2.24, 2.45) is 5.14 Å². The second-order valence-electron chi connectivity index (χ2n) is 3.50. The van der Waals surface area contributed by atoms with Crippen LogP contribution in [0.4, 0.5) is 4.39 Å². The molecule has 0 bridgehead atoms. The fraction of sp³-hybridized carbons (Fsp3) is 0.100. The highest BCUT2D eigenvalue weighted by molar-refractivity contribution is 7.89. The number of para-hydroxylation sites is 1. The van der Waals surface area contributed by atoms with Crippen LogP contribution in [-0.4, -0.2) is 18.2 Å². The number of primary sulfonamides is 1. The average molecular weight is 255 g/mol.